The summed E-state index contributed by atoms with van der Waals surface area (Å²) in [5, 5.41) is 9.23. The van der Waals surface area contributed by atoms with Crippen molar-refractivity contribution in [3.05, 3.63) is 39.1 Å². The zero-order valence-corrected chi connectivity index (χ0v) is 16.6. The summed E-state index contributed by atoms with van der Waals surface area (Å²) >= 11 is 6.24. The molecule has 2 heterocycles. The zero-order valence-electron chi connectivity index (χ0n) is 12.6. The Bertz CT molecular complexity index is 911. The van der Waals surface area contributed by atoms with Gasteiger partial charge in [0.15, 0.2) is 4.34 Å². The number of hydrogen-bond acceptors (Lipinski definition) is 7. The van der Waals surface area contributed by atoms with Crippen LogP contribution >= 0.6 is 50.4 Å². The number of nitrogens with one attached hydrogen (secondary N) is 1. The van der Waals surface area contributed by atoms with Gasteiger partial charge in [0.1, 0.15) is 0 Å². The molecule has 0 fully saturated rings. The summed E-state index contributed by atoms with van der Waals surface area (Å²) in [7, 11) is 0. The maximum atomic E-state index is 12.5. The van der Waals surface area contributed by atoms with Crippen molar-refractivity contribution in [1.82, 2.24) is 15.2 Å². The molecule has 12 heteroatoms. The van der Waals surface area contributed by atoms with Crippen LogP contribution in [0, 0.1) is 0 Å². The standard InChI is InChI=1S/C14H8BrF3N4OS3/c15-8-3-1-7(2-4-8)9-5-24-13(19-9)25-6-10(23)20-12-22-21-11(26-12)14(16,17)18/h1-5H,6H2,(H,20,22,23). The minimum absolute atomic E-state index is 0.00816. The highest BCUT2D eigenvalue weighted by Gasteiger charge is 2.35. The van der Waals surface area contributed by atoms with Crippen LogP contribution in [0.25, 0.3) is 11.3 Å². The Kier molecular flexibility index (Phi) is 5.95. The number of hydrogen-bond donors (Lipinski definition) is 1. The number of alkyl halides is 3. The van der Waals surface area contributed by atoms with Crippen molar-refractivity contribution in [3.8, 4) is 11.3 Å². The van der Waals surface area contributed by atoms with Gasteiger partial charge in [0.05, 0.1) is 11.4 Å². The Hall–Kier alpha value is -1.50. The number of benzene rings is 1. The van der Waals surface area contributed by atoms with Gasteiger partial charge >= 0.3 is 6.18 Å². The molecule has 1 amide bonds. The van der Waals surface area contributed by atoms with Crippen LogP contribution in [0.3, 0.4) is 0 Å². The predicted octanol–water partition coefficient (Wildman–Crippen LogP) is 5.17. The van der Waals surface area contributed by atoms with E-state index in [1.165, 1.54) is 23.1 Å². The van der Waals surface area contributed by atoms with E-state index < -0.39 is 17.1 Å². The van der Waals surface area contributed by atoms with Crippen LogP contribution in [-0.2, 0) is 11.0 Å². The number of halogens is 4. The second-order valence-corrected chi connectivity index (χ2v) is 8.73. The molecule has 0 spiro atoms. The number of rotatable bonds is 5. The summed E-state index contributed by atoms with van der Waals surface area (Å²) in [6.07, 6.45) is -4.57. The van der Waals surface area contributed by atoms with Crippen LogP contribution in [0.5, 0.6) is 0 Å². The molecule has 0 aliphatic heterocycles. The van der Waals surface area contributed by atoms with Gasteiger partial charge in [-0.05, 0) is 12.1 Å². The van der Waals surface area contributed by atoms with E-state index >= 15 is 0 Å². The number of anilines is 1. The summed E-state index contributed by atoms with van der Waals surface area (Å²) in [5.74, 6) is -0.464. The van der Waals surface area contributed by atoms with Gasteiger partial charge in [-0.1, -0.05) is 51.2 Å². The van der Waals surface area contributed by atoms with Crippen molar-refractivity contribution in [2.45, 2.75) is 10.5 Å². The first-order chi connectivity index (χ1) is 12.3. The first-order valence-electron chi connectivity index (χ1n) is 6.86. The Balaban J connectivity index is 1.55. The largest absolute Gasteiger partial charge is 0.445 e. The van der Waals surface area contributed by atoms with E-state index in [0.717, 1.165) is 15.7 Å². The van der Waals surface area contributed by atoms with Crippen LogP contribution in [0.15, 0.2) is 38.5 Å². The van der Waals surface area contributed by atoms with Crippen LogP contribution < -0.4 is 5.32 Å². The van der Waals surface area contributed by atoms with Crippen LogP contribution in [-0.4, -0.2) is 26.8 Å². The summed E-state index contributed by atoms with van der Waals surface area (Å²) in [6.45, 7) is 0. The van der Waals surface area contributed by atoms with Gasteiger partial charge in [-0.2, -0.15) is 13.2 Å². The molecule has 0 atom stereocenters. The van der Waals surface area contributed by atoms with E-state index in [-0.39, 0.29) is 22.2 Å². The molecule has 0 aliphatic carbocycles. The summed E-state index contributed by atoms with van der Waals surface area (Å²) in [6, 6.07) is 7.67. The average molecular weight is 481 g/mol. The molecule has 0 radical (unpaired) electrons. The third-order valence-electron chi connectivity index (χ3n) is 2.86. The Morgan fingerprint density at radius 3 is 2.62 bits per heavy atom. The topological polar surface area (TPSA) is 67.8 Å². The van der Waals surface area contributed by atoms with Gasteiger partial charge in [0.2, 0.25) is 16.0 Å². The molecule has 0 saturated carbocycles. The molecule has 136 valence electrons. The lowest BCUT2D eigenvalue weighted by Crippen LogP contribution is -2.13. The molecule has 5 nitrogen and oxygen atoms in total. The molecule has 1 N–H and O–H groups in total. The first kappa shape index (κ1) is 19.3. The van der Waals surface area contributed by atoms with Gasteiger partial charge < -0.3 is 0 Å². The van der Waals surface area contributed by atoms with E-state index in [0.29, 0.717) is 4.34 Å². The highest BCUT2D eigenvalue weighted by molar-refractivity contribution is 9.10. The van der Waals surface area contributed by atoms with Crippen molar-refractivity contribution in [3.63, 3.8) is 0 Å². The van der Waals surface area contributed by atoms with Crippen LogP contribution in [0.1, 0.15) is 5.01 Å². The molecular formula is C14H8BrF3N4OS3. The molecule has 0 bridgehead atoms. The number of thiazole rings is 1. The lowest BCUT2D eigenvalue weighted by Gasteiger charge is -2.00. The molecule has 3 aromatic rings. The smallest absolute Gasteiger partial charge is 0.300 e. The van der Waals surface area contributed by atoms with E-state index in [2.05, 4.69) is 36.4 Å². The Labute approximate surface area is 166 Å². The van der Waals surface area contributed by atoms with Crippen molar-refractivity contribution >= 4 is 61.4 Å². The number of nitrogens with zero attached hydrogens (tertiary/aromatic N) is 3. The van der Waals surface area contributed by atoms with Crippen molar-refractivity contribution in [1.29, 1.82) is 0 Å². The van der Waals surface area contributed by atoms with Gasteiger partial charge in [0, 0.05) is 15.4 Å². The quantitative estimate of drug-likeness (QED) is 0.509. The van der Waals surface area contributed by atoms with Gasteiger partial charge in [-0.15, -0.1) is 21.5 Å². The predicted molar refractivity (Wildman–Crippen MR) is 99.5 cm³/mol. The highest BCUT2D eigenvalue weighted by atomic mass is 79.9. The molecular weight excluding hydrogens is 473 g/mol. The number of thioether (sulfide) groups is 1. The third-order valence-corrected chi connectivity index (χ3v) is 6.30. The zero-order chi connectivity index (χ0) is 18.7. The van der Waals surface area contributed by atoms with Crippen LogP contribution in [0.2, 0.25) is 0 Å². The molecule has 26 heavy (non-hydrogen) atoms. The Morgan fingerprint density at radius 2 is 1.96 bits per heavy atom. The molecule has 0 saturated heterocycles. The van der Waals surface area contributed by atoms with E-state index in [4.69, 9.17) is 0 Å². The fraction of sp³-hybridized carbons (Fsp3) is 0.143. The van der Waals surface area contributed by atoms with Crippen LogP contribution in [0.4, 0.5) is 18.3 Å². The third kappa shape index (κ3) is 5.02. The summed E-state index contributed by atoms with van der Waals surface area (Å²) in [5.41, 5.74) is 1.75. The molecule has 1 aromatic carbocycles. The fourth-order valence-electron chi connectivity index (χ4n) is 1.75. The Morgan fingerprint density at radius 1 is 1.23 bits per heavy atom. The molecule has 0 unspecified atom stereocenters. The highest BCUT2D eigenvalue weighted by Crippen LogP contribution is 2.33. The lowest BCUT2D eigenvalue weighted by atomic mass is 10.2. The van der Waals surface area contributed by atoms with Crippen molar-refractivity contribution in [2.24, 2.45) is 0 Å². The van der Waals surface area contributed by atoms with E-state index in [1.54, 1.807) is 0 Å². The lowest BCUT2D eigenvalue weighted by molar-refractivity contribution is -0.138. The first-order valence-corrected chi connectivity index (χ1v) is 10.3. The number of aromatic nitrogens is 3. The molecule has 0 aliphatic rings. The maximum Gasteiger partial charge on any atom is 0.445 e. The van der Waals surface area contributed by atoms with Crippen molar-refractivity contribution in [2.75, 3.05) is 11.1 Å². The van der Waals surface area contributed by atoms with Crippen molar-refractivity contribution < 1.29 is 18.0 Å². The summed E-state index contributed by atoms with van der Waals surface area (Å²) in [4.78, 5) is 16.3. The van der Waals surface area contributed by atoms with Gasteiger partial charge in [0.25, 0.3) is 0 Å². The maximum absolute atomic E-state index is 12.5. The monoisotopic (exact) mass is 480 g/mol. The second-order valence-electron chi connectivity index (χ2n) is 4.75. The fourth-order valence-corrected chi connectivity index (χ4v) is 4.27. The number of carbonyl (C=O) groups excluding carboxylic acids is 1. The van der Waals surface area contributed by atoms with Gasteiger partial charge in [-0.25, -0.2) is 4.98 Å². The summed E-state index contributed by atoms with van der Waals surface area (Å²) < 4.78 is 39.0. The molecule has 2 aromatic heterocycles. The van der Waals surface area contributed by atoms with E-state index in [1.807, 2.05) is 29.6 Å². The number of amides is 1. The SMILES string of the molecule is O=C(CSc1nc(-c2ccc(Br)cc2)cs1)Nc1nnc(C(F)(F)F)s1. The van der Waals surface area contributed by atoms with E-state index in [9.17, 15) is 18.0 Å². The minimum Gasteiger partial charge on any atom is -0.300 e. The number of carbonyl (C=O) groups is 1. The molecule has 3 rings (SSSR count). The normalized spacial score (nSPS) is 11.5. The minimum atomic E-state index is -4.57. The average Bonchev–Trinajstić information content (AvgIpc) is 3.22. The second kappa shape index (κ2) is 8.03. The van der Waals surface area contributed by atoms with Gasteiger partial charge in [-0.3, -0.25) is 10.1 Å².